The summed E-state index contributed by atoms with van der Waals surface area (Å²) in [6, 6.07) is 88.4. The Labute approximate surface area is 468 Å². The van der Waals surface area contributed by atoms with E-state index in [1.165, 1.54) is 54.6 Å². The van der Waals surface area contributed by atoms with Gasteiger partial charge in [-0.15, -0.1) is 0 Å². The zero-order chi connectivity index (χ0) is 53.5. The van der Waals surface area contributed by atoms with Crippen molar-refractivity contribution in [1.82, 2.24) is 24.5 Å². The predicted octanol–water partition coefficient (Wildman–Crippen LogP) is 19.7. The number of furan rings is 2. The van der Waals surface area contributed by atoms with Crippen molar-refractivity contribution in [1.29, 1.82) is 0 Å². The summed E-state index contributed by atoms with van der Waals surface area (Å²) in [6.07, 6.45) is 1.08. The molecule has 0 fully saturated rings. The molecule has 0 bridgehead atoms. The number of para-hydroxylation sites is 3. The standard InChI is InChI=1S/C36H21N3O.C20H11ClN2O.C17H12/c1-2-12-24-21-31-29(20-23(24)11-1)26-15-5-7-18-30(26)39(31)36-34-33(28-16-6-8-19-32(28)40-34)37-35(38-36)27-17-9-13-22-10-3-4-14-25(22)27;21-19-18-17(15-9-3-4-11-16(15)24-18)22-20(23-19)14-10-5-7-12-6-1-2-8-13(12)14;1-2-6-13-11-17-15(9-12(13)5-1)10-14-7-3-4-8-16(14)17/h1-21H;1-11H;1-9,11H,10H2. The molecular formula is C73H44ClN5O2. The third kappa shape index (κ3) is 7.81. The van der Waals surface area contributed by atoms with Gasteiger partial charge in [-0.3, -0.25) is 4.57 Å². The third-order valence-electron chi connectivity index (χ3n) is 15.9. The quantitative estimate of drug-likeness (QED) is 0.164. The van der Waals surface area contributed by atoms with Crippen LogP contribution in [0.1, 0.15) is 11.1 Å². The highest BCUT2D eigenvalue weighted by atomic mass is 35.5. The van der Waals surface area contributed by atoms with Gasteiger partial charge in [0.1, 0.15) is 22.2 Å². The highest BCUT2D eigenvalue weighted by Gasteiger charge is 2.24. The van der Waals surface area contributed by atoms with Crippen molar-refractivity contribution in [3.05, 3.63) is 271 Å². The number of rotatable bonds is 3. The fourth-order valence-electron chi connectivity index (χ4n) is 12.1. The molecule has 81 heavy (non-hydrogen) atoms. The Morgan fingerprint density at radius 1 is 0.321 bits per heavy atom. The van der Waals surface area contributed by atoms with E-state index >= 15 is 0 Å². The molecule has 0 saturated carbocycles. The zero-order valence-electron chi connectivity index (χ0n) is 43.4. The minimum absolute atomic E-state index is 0.333. The lowest BCUT2D eigenvalue weighted by molar-refractivity contribution is 0.662. The van der Waals surface area contributed by atoms with Crippen LogP contribution in [0.2, 0.25) is 5.15 Å². The van der Waals surface area contributed by atoms with Crippen LogP contribution >= 0.6 is 11.6 Å². The largest absolute Gasteiger partial charge is 0.451 e. The number of halogens is 1. The minimum atomic E-state index is 0.333. The van der Waals surface area contributed by atoms with E-state index in [4.69, 9.17) is 35.4 Å². The number of hydrogen-bond acceptors (Lipinski definition) is 6. The van der Waals surface area contributed by atoms with E-state index in [-0.39, 0.29) is 0 Å². The molecule has 0 radical (unpaired) electrons. The van der Waals surface area contributed by atoms with Gasteiger partial charge in [0.2, 0.25) is 0 Å². The van der Waals surface area contributed by atoms with E-state index in [2.05, 4.69) is 198 Å². The van der Waals surface area contributed by atoms with E-state index in [0.717, 1.165) is 88.9 Å². The van der Waals surface area contributed by atoms with E-state index in [1.54, 1.807) is 0 Å². The van der Waals surface area contributed by atoms with Crippen LogP contribution in [0.5, 0.6) is 0 Å². The first-order chi connectivity index (χ1) is 40.1. The molecule has 380 valence electrons. The zero-order valence-corrected chi connectivity index (χ0v) is 44.1. The third-order valence-corrected chi connectivity index (χ3v) is 16.1. The molecule has 0 saturated heterocycles. The molecule has 1 aliphatic carbocycles. The average molecular weight is 1060 g/mol. The summed E-state index contributed by atoms with van der Waals surface area (Å²) >= 11 is 6.39. The van der Waals surface area contributed by atoms with Gasteiger partial charge in [0.25, 0.3) is 0 Å². The van der Waals surface area contributed by atoms with Gasteiger partial charge in [0, 0.05) is 32.7 Å². The van der Waals surface area contributed by atoms with Gasteiger partial charge in [-0.25, -0.2) is 19.9 Å². The second-order valence-electron chi connectivity index (χ2n) is 20.6. The molecule has 0 unspecified atom stereocenters. The number of benzene rings is 12. The van der Waals surface area contributed by atoms with Crippen LogP contribution in [-0.4, -0.2) is 24.5 Å². The lowest BCUT2D eigenvalue weighted by atomic mass is 10.0. The maximum Gasteiger partial charge on any atom is 0.197 e. The van der Waals surface area contributed by atoms with E-state index in [1.807, 2.05) is 66.7 Å². The van der Waals surface area contributed by atoms with Crippen molar-refractivity contribution in [3.63, 3.8) is 0 Å². The van der Waals surface area contributed by atoms with Crippen LogP contribution in [0.15, 0.2) is 264 Å². The molecular weight excluding hydrogens is 1010 g/mol. The number of fused-ring (bicyclic) bond motifs is 16. The number of hydrogen-bond donors (Lipinski definition) is 0. The summed E-state index contributed by atoms with van der Waals surface area (Å²) < 4.78 is 14.6. The Hall–Kier alpha value is -10.5. The van der Waals surface area contributed by atoms with Crippen LogP contribution in [0.4, 0.5) is 0 Å². The van der Waals surface area contributed by atoms with Crippen LogP contribution in [0.25, 0.3) is 149 Å². The molecule has 0 aliphatic heterocycles. The van der Waals surface area contributed by atoms with Crippen LogP contribution in [0, 0.1) is 0 Å². The molecule has 0 spiro atoms. The van der Waals surface area contributed by atoms with Gasteiger partial charge in [-0.1, -0.05) is 218 Å². The van der Waals surface area contributed by atoms with E-state index < -0.39 is 0 Å². The lowest BCUT2D eigenvalue weighted by Gasteiger charge is -2.11. The second-order valence-corrected chi connectivity index (χ2v) is 20.9. The molecule has 12 aromatic carbocycles. The molecule has 0 atom stereocenters. The Kier molecular flexibility index (Phi) is 10.9. The van der Waals surface area contributed by atoms with Crippen LogP contribution in [-0.2, 0) is 6.42 Å². The van der Waals surface area contributed by atoms with Crippen molar-refractivity contribution < 1.29 is 8.83 Å². The van der Waals surface area contributed by atoms with Crippen molar-refractivity contribution in [2.75, 3.05) is 0 Å². The molecule has 17 aromatic rings. The van der Waals surface area contributed by atoms with Crippen molar-refractivity contribution in [2.24, 2.45) is 0 Å². The number of nitrogens with zero attached hydrogens (tertiary/aromatic N) is 5. The Balaban J connectivity index is 0.000000111. The Bertz CT molecular complexity index is 5370. The summed E-state index contributed by atoms with van der Waals surface area (Å²) in [5.74, 6) is 2.03. The SMILES string of the molecule is Clc1nc(-c2cccc3ccccc23)nc2c1oc1ccccc12.c1ccc2c(c1)Cc1cc3ccccc3cc1-2.c1ccc2cc3c(cc2c1)c1ccccc1n3-c1nc(-c2cccc3ccccc23)nc2c1oc1ccccc12. The smallest absolute Gasteiger partial charge is 0.197 e. The fraction of sp³-hybridized carbons (Fsp3) is 0.0137. The molecule has 18 rings (SSSR count). The van der Waals surface area contributed by atoms with Gasteiger partial charge < -0.3 is 8.83 Å². The highest BCUT2D eigenvalue weighted by molar-refractivity contribution is 6.34. The first kappa shape index (κ1) is 46.6. The summed E-state index contributed by atoms with van der Waals surface area (Å²) in [4.78, 5) is 19.7. The predicted molar refractivity (Wildman–Crippen MR) is 334 cm³/mol. The monoisotopic (exact) mass is 1060 g/mol. The van der Waals surface area contributed by atoms with Gasteiger partial charge in [0.15, 0.2) is 33.8 Å². The highest BCUT2D eigenvalue weighted by Crippen LogP contribution is 2.42. The van der Waals surface area contributed by atoms with Crippen molar-refractivity contribution in [2.45, 2.75) is 6.42 Å². The molecule has 5 aromatic heterocycles. The second kappa shape index (κ2) is 18.9. The van der Waals surface area contributed by atoms with Gasteiger partial charge >= 0.3 is 0 Å². The maximum absolute atomic E-state index is 6.53. The van der Waals surface area contributed by atoms with E-state index in [0.29, 0.717) is 28.0 Å². The van der Waals surface area contributed by atoms with Crippen LogP contribution < -0.4 is 0 Å². The maximum atomic E-state index is 6.53. The fourth-order valence-corrected chi connectivity index (χ4v) is 12.3. The summed E-state index contributed by atoms with van der Waals surface area (Å²) in [6.45, 7) is 0. The average Bonchev–Trinajstić information content (AvgIpc) is 4.45. The van der Waals surface area contributed by atoms with Gasteiger partial charge in [0.05, 0.1) is 11.0 Å². The van der Waals surface area contributed by atoms with Crippen molar-refractivity contribution in [3.8, 4) is 39.7 Å². The normalized spacial score (nSPS) is 12.0. The topological polar surface area (TPSA) is 82.8 Å². The molecule has 0 N–H and O–H groups in total. The molecule has 8 heteroatoms. The Morgan fingerprint density at radius 3 is 1.46 bits per heavy atom. The van der Waals surface area contributed by atoms with Crippen LogP contribution in [0.3, 0.4) is 0 Å². The van der Waals surface area contributed by atoms with Gasteiger partial charge in [-0.2, -0.15) is 0 Å². The lowest BCUT2D eigenvalue weighted by Crippen LogP contribution is -2.02. The summed E-state index contributed by atoms with van der Waals surface area (Å²) in [5, 5.41) is 14.2. The molecule has 1 aliphatic rings. The van der Waals surface area contributed by atoms with Gasteiger partial charge in [-0.05, 0) is 120 Å². The molecule has 5 heterocycles. The minimum Gasteiger partial charge on any atom is -0.451 e. The molecule has 7 nitrogen and oxygen atoms in total. The first-order valence-electron chi connectivity index (χ1n) is 27.1. The molecule has 0 amide bonds. The first-order valence-corrected chi connectivity index (χ1v) is 27.5. The summed E-state index contributed by atoms with van der Waals surface area (Å²) in [7, 11) is 0. The number of aromatic nitrogens is 5. The Morgan fingerprint density at radius 2 is 0.790 bits per heavy atom. The van der Waals surface area contributed by atoms with E-state index in [9.17, 15) is 0 Å². The summed E-state index contributed by atoms with van der Waals surface area (Å²) in [5.41, 5.74) is 14.2. The van der Waals surface area contributed by atoms with Crippen molar-refractivity contribution >= 4 is 121 Å².